The predicted molar refractivity (Wildman–Crippen MR) is 72.7 cm³/mol. The largest absolute Gasteiger partial charge is 0.360 e. The fourth-order valence-corrected chi connectivity index (χ4v) is 1.98. The molecule has 0 atom stereocenters. The summed E-state index contributed by atoms with van der Waals surface area (Å²) in [6.07, 6.45) is 1.74. The van der Waals surface area contributed by atoms with E-state index in [1.54, 1.807) is 6.20 Å². The summed E-state index contributed by atoms with van der Waals surface area (Å²) in [5.74, 6) is -0.0985. The second kappa shape index (κ2) is 4.37. The van der Waals surface area contributed by atoms with Crippen LogP contribution in [0.2, 0.25) is 0 Å². The maximum absolute atomic E-state index is 12.2. The average Bonchev–Trinajstić information content (AvgIpc) is 2.84. The lowest BCUT2D eigenvalue weighted by Gasteiger charge is -2.03. The average molecular weight is 236 g/mol. The first-order valence-corrected chi connectivity index (χ1v) is 5.77. The molecule has 0 saturated carbocycles. The number of hydrogen-bond donors (Lipinski definition) is 2. The van der Waals surface area contributed by atoms with Crippen LogP contribution in [0.3, 0.4) is 0 Å². The molecule has 0 aliphatic rings. The number of carbonyl (C=O) groups excluding carboxylic acids is 1. The fraction of sp³-hybridized carbons (Fsp3) is 0. The molecule has 0 spiro atoms. The molecular weight excluding hydrogens is 224 g/mol. The molecule has 1 heterocycles. The van der Waals surface area contributed by atoms with E-state index in [0.717, 1.165) is 16.6 Å². The Bertz CT molecular complexity index is 686. The van der Waals surface area contributed by atoms with E-state index >= 15 is 0 Å². The molecule has 0 radical (unpaired) electrons. The van der Waals surface area contributed by atoms with Gasteiger partial charge in [0.05, 0.1) is 5.56 Å². The number of anilines is 1. The smallest absolute Gasteiger partial charge is 0.257 e. The van der Waals surface area contributed by atoms with Crippen molar-refractivity contribution in [2.75, 3.05) is 5.32 Å². The van der Waals surface area contributed by atoms with Crippen LogP contribution in [0.25, 0.3) is 10.9 Å². The first kappa shape index (κ1) is 10.6. The number of fused-ring (bicyclic) bond motifs is 1. The van der Waals surface area contributed by atoms with Crippen molar-refractivity contribution in [3.8, 4) is 0 Å². The molecule has 1 amide bonds. The normalized spacial score (nSPS) is 10.4. The minimum Gasteiger partial charge on any atom is -0.360 e. The summed E-state index contributed by atoms with van der Waals surface area (Å²) in [4.78, 5) is 15.3. The van der Waals surface area contributed by atoms with E-state index in [2.05, 4.69) is 10.3 Å². The van der Waals surface area contributed by atoms with E-state index in [4.69, 9.17) is 0 Å². The van der Waals surface area contributed by atoms with Crippen molar-refractivity contribution in [3.63, 3.8) is 0 Å². The monoisotopic (exact) mass is 236 g/mol. The van der Waals surface area contributed by atoms with Gasteiger partial charge in [0.15, 0.2) is 0 Å². The molecule has 2 aromatic carbocycles. The zero-order valence-electron chi connectivity index (χ0n) is 9.68. The van der Waals surface area contributed by atoms with E-state index in [0.29, 0.717) is 5.56 Å². The van der Waals surface area contributed by atoms with Crippen molar-refractivity contribution in [2.45, 2.75) is 0 Å². The minimum atomic E-state index is -0.0985. The summed E-state index contributed by atoms with van der Waals surface area (Å²) in [7, 11) is 0. The van der Waals surface area contributed by atoms with Crippen molar-refractivity contribution >= 4 is 22.5 Å². The Kier molecular flexibility index (Phi) is 2.57. The van der Waals surface area contributed by atoms with Crippen LogP contribution in [0.5, 0.6) is 0 Å². The molecule has 18 heavy (non-hydrogen) atoms. The quantitative estimate of drug-likeness (QED) is 0.703. The standard InChI is InChI=1S/C15H12N2O/c18-15(17-11-6-2-1-3-7-11)13-10-16-14-9-5-4-8-12(13)14/h1-10,16H,(H,17,18). The molecule has 3 aromatic rings. The number of benzene rings is 2. The first-order chi connectivity index (χ1) is 8.84. The highest BCUT2D eigenvalue weighted by atomic mass is 16.1. The topological polar surface area (TPSA) is 44.9 Å². The van der Waals surface area contributed by atoms with Crippen LogP contribution in [-0.4, -0.2) is 10.9 Å². The molecule has 0 unspecified atom stereocenters. The highest BCUT2D eigenvalue weighted by Crippen LogP contribution is 2.19. The Hall–Kier alpha value is -2.55. The summed E-state index contributed by atoms with van der Waals surface area (Å²) >= 11 is 0. The van der Waals surface area contributed by atoms with Crippen molar-refractivity contribution in [3.05, 3.63) is 66.4 Å². The molecule has 0 aliphatic heterocycles. The molecule has 0 aliphatic carbocycles. The zero-order valence-corrected chi connectivity index (χ0v) is 9.68. The van der Waals surface area contributed by atoms with Crippen LogP contribution in [0.15, 0.2) is 60.8 Å². The van der Waals surface area contributed by atoms with Crippen LogP contribution in [-0.2, 0) is 0 Å². The fourth-order valence-electron chi connectivity index (χ4n) is 1.98. The number of aromatic amines is 1. The van der Waals surface area contributed by atoms with Crippen molar-refractivity contribution in [1.82, 2.24) is 4.98 Å². The van der Waals surface area contributed by atoms with Gasteiger partial charge in [0.2, 0.25) is 0 Å². The molecule has 0 saturated heterocycles. The summed E-state index contributed by atoms with van der Waals surface area (Å²) in [5.41, 5.74) is 2.43. The summed E-state index contributed by atoms with van der Waals surface area (Å²) in [6.45, 7) is 0. The first-order valence-electron chi connectivity index (χ1n) is 5.77. The van der Waals surface area contributed by atoms with Crippen LogP contribution in [0.1, 0.15) is 10.4 Å². The summed E-state index contributed by atoms with van der Waals surface area (Å²) in [6, 6.07) is 17.2. The third kappa shape index (κ3) is 1.86. The number of rotatable bonds is 2. The Morgan fingerprint density at radius 1 is 0.944 bits per heavy atom. The zero-order chi connectivity index (χ0) is 12.4. The van der Waals surface area contributed by atoms with Gasteiger partial charge in [-0.2, -0.15) is 0 Å². The second-order valence-corrected chi connectivity index (χ2v) is 4.07. The molecule has 88 valence electrons. The van der Waals surface area contributed by atoms with Gasteiger partial charge in [-0.15, -0.1) is 0 Å². The Morgan fingerprint density at radius 2 is 1.67 bits per heavy atom. The number of carbonyl (C=O) groups is 1. The van der Waals surface area contributed by atoms with Crippen molar-refractivity contribution in [1.29, 1.82) is 0 Å². The van der Waals surface area contributed by atoms with Crippen molar-refractivity contribution < 1.29 is 4.79 Å². The molecule has 2 N–H and O–H groups in total. The molecule has 3 nitrogen and oxygen atoms in total. The molecule has 0 bridgehead atoms. The van der Waals surface area contributed by atoms with Crippen LogP contribution in [0, 0.1) is 0 Å². The predicted octanol–water partition coefficient (Wildman–Crippen LogP) is 3.42. The third-order valence-corrected chi connectivity index (χ3v) is 2.87. The maximum Gasteiger partial charge on any atom is 0.257 e. The number of hydrogen-bond acceptors (Lipinski definition) is 1. The second-order valence-electron chi connectivity index (χ2n) is 4.07. The van der Waals surface area contributed by atoms with Crippen molar-refractivity contribution in [2.24, 2.45) is 0 Å². The molecule has 0 fully saturated rings. The van der Waals surface area contributed by atoms with Crippen LogP contribution < -0.4 is 5.32 Å². The van der Waals surface area contributed by atoms with Gasteiger partial charge in [-0.25, -0.2) is 0 Å². The van der Waals surface area contributed by atoms with E-state index in [-0.39, 0.29) is 5.91 Å². The number of H-pyrrole nitrogens is 1. The molecular formula is C15H12N2O. The van der Waals surface area contributed by atoms with E-state index < -0.39 is 0 Å². The lowest BCUT2D eigenvalue weighted by Crippen LogP contribution is -2.11. The molecule has 3 rings (SSSR count). The van der Waals surface area contributed by atoms with Gasteiger partial charge in [0, 0.05) is 22.8 Å². The van der Waals surface area contributed by atoms with Gasteiger partial charge in [-0.3, -0.25) is 4.79 Å². The van der Waals surface area contributed by atoms with Crippen LogP contribution in [0.4, 0.5) is 5.69 Å². The number of nitrogens with one attached hydrogen (secondary N) is 2. The number of aromatic nitrogens is 1. The van der Waals surface area contributed by atoms with Gasteiger partial charge in [0.25, 0.3) is 5.91 Å². The third-order valence-electron chi connectivity index (χ3n) is 2.87. The SMILES string of the molecule is O=C(Nc1ccccc1)c1c[nH]c2ccccc12. The minimum absolute atomic E-state index is 0.0985. The Balaban J connectivity index is 1.93. The Morgan fingerprint density at radius 3 is 2.50 bits per heavy atom. The van der Waals surface area contributed by atoms with Gasteiger partial charge < -0.3 is 10.3 Å². The lowest BCUT2D eigenvalue weighted by atomic mass is 10.1. The number of amides is 1. The number of para-hydroxylation sites is 2. The lowest BCUT2D eigenvalue weighted by molar-refractivity contribution is 0.102. The van der Waals surface area contributed by atoms with Gasteiger partial charge in [-0.05, 0) is 18.2 Å². The van der Waals surface area contributed by atoms with Crippen LogP contribution >= 0.6 is 0 Å². The van der Waals surface area contributed by atoms with E-state index in [9.17, 15) is 4.79 Å². The maximum atomic E-state index is 12.2. The highest BCUT2D eigenvalue weighted by molar-refractivity contribution is 6.12. The van der Waals surface area contributed by atoms with E-state index in [1.165, 1.54) is 0 Å². The highest BCUT2D eigenvalue weighted by Gasteiger charge is 2.11. The Labute approximate surface area is 104 Å². The van der Waals surface area contributed by atoms with Gasteiger partial charge in [0.1, 0.15) is 0 Å². The summed E-state index contributed by atoms with van der Waals surface area (Å²) in [5, 5.41) is 3.81. The molecule has 3 heteroatoms. The van der Waals surface area contributed by atoms with Gasteiger partial charge in [-0.1, -0.05) is 36.4 Å². The molecule has 1 aromatic heterocycles. The van der Waals surface area contributed by atoms with E-state index in [1.807, 2.05) is 54.6 Å². The van der Waals surface area contributed by atoms with Gasteiger partial charge >= 0.3 is 0 Å². The summed E-state index contributed by atoms with van der Waals surface area (Å²) < 4.78 is 0.